The standard InChI is InChI=1S/C27H24ClFN8O2/c1-13-4-5-20(28)24(29)23(13)21-9-30-10-22(35-21)25(38)34-17-7-32-37(12-17)15(3)19-8-31-27(33-14(19)2)36-11-16-6-18(16)26(36)39/h4-5,7-10,12,15-16,18H,6,11H2,1-3H3,(H,34,38)/t15-,16-,18-/m1/s1. The molecule has 0 radical (unpaired) electrons. The van der Waals surface area contributed by atoms with Gasteiger partial charge in [-0.1, -0.05) is 17.7 Å². The molecule has 3 aromatic heterocycles. The molecule has 2 fully saturated rings. The molecule has 1 saturated carbocycles. The Morgan fingerprint density at radius 2 is 2.00 bits per heavy atom. The van der Waals surface area contributed by atoms with Crippen molar-refractivity contribution in [3.05, 3.63) is 76.5 Å². The van der Waals surface area contributed by atoms with Crippen LogP contribution in [0.4, 0.5) is 16.0 Å². The summed E-state index contributed by atoms with van der Waals surface area (Å²) >= 11 is 5.94. The third-order valence-corrected chi connectivity index (χ3v) is 7.59. The summed E-state index contributed by atoms with van der Waals surface area (Å²) < 4.78 is 16.4. The van der Waals surface area contributed by atoms with Crippen LogP contribution in [-0.4, -0.2) is 48.1 Å². The quantitative estimate of drug-likeness (QED) is 0.381. The molecule has 4 aromatic rings. The minimum absolute atomic E-state index is 0.0148. The molecule has 1 aliphatic heterocycles. The predicted molar refractivity (Wildman–Crippen MR) is 142 cm³/mol. The number of hydrogen-bond acceptors (Lipinski definition) is 7. The number of anilines is 2. The summed E-state index contributed by atoms with van der Waals surface area (Å²) in [5.41, 5.74) is 3.07. The molecule has 1 aliphatic carbocycles. The number of rotatable bonds is 6. The summed E-state index contributed by atoms with van der Waals surface area (Å²) in [5, 5.41) is 7.11. The van der Waals surface area contributed by atoms with Gasteiger partial charge in [0.1, 0.15) is 5.69 Å². The summed E-state index contributed by atoms with van der Waals surface area (Å²) in [7, 11) is 0. The van der Waals surface area contributed by atoms with Crippen LogP contribution in [0.15, 0.2) is 43.1 Å². The summed E-state index contributed by atoms with van der Waals surface area (Å²) in [6.45, 7) is 6.23. The smallest absolute Gasteiger partial charge is 0.275 e. The van der Waals surface area contributed by atoms with Crippen molar-refractivity contribution in [1.82, 2.24) is 29.7 Å². The molecular weight excluding hydrogens is 523 g/mol. The highest BCUT2D eigenvalue weighted by Gasteiger charge is 2.53. The number of amides is 2. The van der Waals surface area contributed by atoms with Crippen molar-refractivity contribution in [3.8, 4) is 11.3 Å². The van der Waals surface area contributed by atoms with Gasteiger partial charge in [0, 0.05) is 41.7 Å². The number of carbonyl (C=O) groups is 2. The first-order chi connectivity index (χ1) is 18.7. The Labute approximate surface area is 228 Å². The molecule has 12 heteroatoms. The van der Waals surface area contributed by atoms with Crippen molar-refractivity contribution in [1.29, 1.82) is 0 Å². The van der Waals surface area contributed by atoms with Crippen molar-refractivity contribution in [2.24, 2.45) is 11.8 Å². The predicted octanol–water partition coefficient (Wildman–Crippen LogP) is 4.38. The molecule has 0 unspecified atom stereocenters. The molecule has 3 atom stereocenters. The zero-order valence-electron chi connectivity index (χ0n) is 21.4. The van der Waals surface area contributed by atoms with Gasteiger partial charge < -0.3 is 5.32 Å². The highest BCUT2D eigenvalue weighted by Crippen LogP contribution is 2.46. The van der Waals surface area contributed by atoms with Gasteiger partial charge in [-0.05, 0) is 44.7 Å². The number of halogens is 2. The van der Waals surface area contributed by atoms with Crippen molar-refractivity contribution < 1.29 is 14.0 Å². The third kappa shape index (κ3) is 4.52. The second-order valence-electron chi connectivity index (χ2n) is 9.94. The molecule has 0 spiro atoms. The fourth-order valence-corrected chi connectivity index (χ4v) is 5.13. The lowest BCUT2D eigenvalue weighted by molar-refractivity contribution is -0.118. The Morgan fingerprint density at radius 1 is 1.18 bits per heavy atom. The van der Waals surface area contributed by atoms with Gasteiger partial charge in [0.05, 0.1) is 41.0 Å². The summed E-state index contributed by atoms with van der Waals surface area (Å²) in [6.07, 6.45) is 8.59. The van der Waals surface area contributed by atoms with Crippen LogP contribution < -0.4 is 10.2 Å². The number of aromatic nitrogens is 6. The molecule has 4 heterocycles. The van der Waals surface area contributed by atoms with Crippen molar-refractivity contribution >= 4 is 35.1 Å². The van der Waals surface area contributed by atoms with E-state index in [0.717, 1.165) is 17.7 Å². The maximum atomic E-state index is 14.7. The largest absolute Gasteiger partial charge is 0.318 e. The molecule has 198 valence electrons. The van der Waals surface area contributed by atoms with E-state index in [1.807, 2.05) is 13.8 Å². The van der Waals surface area contributed by atoms with E-state index >= 15 is 0 Å². The molecule has 6 rings (SSSR count). The maximum Gasteiger partial charge on any atom is 0.275 e. The highest BCUT2D eigenvalue weighted by atomic mass is 35.5. The monoisotopic (exact) mass is 546 g/mol. The van der Waals surface area contributed by atoms with Gasteiger partial charge in [-0.2, -0.15) is 5.10 Å². The third-order valence-electron chi connectivity index (χ3n) is 7.30. The lowest BCUT2D eigenvalue weighted by atomic mass is 10.1. The lowest BCUT2D eigenvalue weighted by Crippen LogP contribution is -2.30. The van der Waals surface area contributed by atoms with Crippen LogP contribution in [0.3, 0.4) is 0 Å². The average Bonchev–Trinajstić information content (AvgIpc) is 3.42. The fourth-order valence-electron chi connectivity index (χ4n) is 4.97. The Hall–Kier alpha value is -4.25. The average molecular weight is 547 g/mol. The molecule has 2 amide bonds. The van der Waals surface area contributed by atoms with E-state index in [1.54, 1.807) is 35.0 Å². The van der Waals surface area contributed by atoms with E-state index in [-0.39, 0.29) is 39.8 Å². The normalized spacial score (nSPS) is 18.7. The number of carbonyl (C=O) groups excluding carboxylic acids is 2. The Kier molecular flexibility index (Phi) is 6.10. The molecule has 10 nitrogen and oxygen atoms in total. The van der Waals surface area contributed by atoms with E-state index in [2.05, 4.69) is 30.4 Å². The number of nitrogens with one attached hydrogen (secondary N) is 1. The van der Waals surface area contributed by atoms with E-state index in [0.29, 0.717) is 29.7 Å². The first-order valence-corrected chi connectivity index (χ1v) is 12.9. The topological polar surface area (TPSA) is 119 Å². The summed E-state index contributed by atoms with van der Waals surface area (Å²) in [5.74, 6) is -0.0152. The van der Waals surface area contributed by atoms with E-state index in [4.69, 9.17) is 11.6 Å². The van der Waals surface area contributed by atoms with Gasteiger partial charge in [-0.25, -0.2) is 19.3 Å². The molecule has 0 bridgehead atoms. The Bertz CT molecular complexity index is 1640. The maximum absolute atomic E-state index is 14.7. The molecular formula is C27H24ClFN8O2. The molecule has 1 saturated heterocycles. The van der Waals surface area contributed by atoms with Crippen molar-refractivity contribution in [3.63, 3.8) is 0 Å². The van der Waals surface area contributed by atoms with E-state index in [1.165, 1.54) is 24.7 Å². The van der Waals surface area contributed by atoms with Crippen molar-refractivity contribution in [2.45, 2.75) is 33.2 Å². The zero-order valence-corrected chi connectivity index (χ0v) is 22.1. The van der Waals surface area contributed by atoms with Crippen LogP contribution in [0.1, 0.15) is 46.7 Å². The second-order valence-corrected chi connectivity index (χ2v) is 10.4. The number of aryl methyl sites for hydroxylation is 2. The van der Waals surface area contributed by atoms with Crippen LogP contribution >= 0.6 is 11.6 Å². The SMILES string of the molecule is Cc1ccc(Cl)c(F)c1-c1cncc(C(=O)Nc2cnn([C@H](C)c3cnc(N4C[C@H]5C[C@H]5C4=O)nc3C)c2)n1. The first-order valence-electron chi connectivity index (χ1n) is 12.5. The first kappa shape index (κ1) is 25.1. The molecule has 1 N–H and O–H groups in total. The van der Waals surface area contributed by atoms with Gasteiger partial charge in [0.2, 0.25) is 11.9 Å². The van der Waals surface area contributed by atoms with Crippen LogP contribution in [0, 0.1) is 31.5 Å². The number of hydrogen-bond donors (Lipinski definition) is 1. The number of fused-ring (bicyclic) bond motifs is 1. The minimum Gasteiger partial charge on any atom is -0.318 e. The van der Waals surface area contributed by atoms with E-state index < -0.39 is 11.7 Å². The van der Waals surface area contributed by atoms with Crippen LogP contribution in [-0.2, 0) is 4.79 Å². The van der Waals surface area contributed by atoms with Crippen LogP contribution in [0.5, 0.6) is 0 Å². The second kappa shape index (κ2) is 9.49. The van der Waals surface area contributed by atoms with Crippen LogP contribution in [0.25, 0.3) is 11.3 Å². The fraction of sp³-hybridized carbons (Fsp3) is 0.296. The molecule has 39 heavy (non-hydrogen) atoms. The lowest BCUT2D eigenvalue weighted by Gasteiger charge is -2.19. The minimum atomic E-state index is -0.616. The number of nitrogens with zero attached hydrogens (tertiary/aromatic N) is 7. The number of piperidine rings is 1. The summed E-state index contributed by atoms with van der Waals surface area (Å²) in [6, 6.07) is 2.92. The Morgan fingerprint density at radius 3 is 2.74 bits per heavy atom. The molecule has 2 aliphatic rings. The van der Waals surface area contributed by atoms with Crippen LogP contribution in [0.2, 0.25) is 5.02 Å². The van der Waals surface area contributed by atoms with E-state index in [9.17, 15) is 14.0 Å². The van der Waals surface area contributed by atoms with Crippen molar-refractivity contribution in [2.75, 3.05) is 16.8 Å². The van der Waals surface area contributed by atoms with Gasteiger partial charge in [0.15, 0.2) is 5.82 Å². The molecule has 1 aromatic carbocycles. The zero-order chi connectivity index (χ0) is 27.4. The van der Waals surface area contributed by atoms with Gasteiger partial charge in [0.25, 0.3) is 5.91 Å². The summed E-state index contributed by atoms with van der Waals surface area (Å²) in [4.78, 5) is 44.4. The van der Waals surface area contributed by atoms with Gasteiger partial charge in [-0.15, -0.1) is 0 Å². The van der Waals surface area contributed by atoms with Gasteiger partial charge in [-0.3, -0.25) is 24.2 Å². The Balaban J connectivity index is 1.17. The number of benzene rings is 1. The van der Waals surface area contributed by atoms with Gasteiger partial charge >= 0.3 is 0 Å². The highest BCUT2D eigenvalue weighted by molar-refractivity contribution is 6.31.